The summed E-state index contributed by atoms with van der Waals surface area (Å²) in [6, 6.07) is 4.58. The van der Waals surface area contributed by atoms with Crippen molar-refractivity contribution in [2.75, 3.05) is 0 Å². The number of hydrogen-bond acceptors (Lipinski definition) is 2. The average molecular weight is 428 g/mol. The van der Waals surface area contributed by atoms with E-state index in [0.717, 1.165) is 13.1 Å². The van der Waals surface area contributed by atoms with Gasteiger partial charge < -0.3 is 34.5 Å². The summed E-state index contributed by atoms with van der Waals surface area (Å²) in [4.78, 5) is 2.78. The summed E-state index contributed by atoms with van der Waals surface area (Å²) in [6.07, 6.45) is 0. The lowest BCUT2D eigenvalue weighted by molar-refractivity contribution is -0.631. The third kappa shape index (κ3) is 11.4. The number of aromatic nitrogens is 2. The Morgan fingerprint density at radius 1 is 0.692 bits per heavy atom. The molecule has 0 N–H and O–H groups in total. The van der Waals surface area contributed by atoms with Crippen molar-refractivity contribution in [3.05, 3.63) is 23.5 Å². The zero-order valence-corrected chi connectivity index (χ0v) is 16.1. The van der Waals surface area contributed by atoms with E-state index in [1.54, 1.807) is 0 Å². The fourth-order valence-electron chi connectivity index (χ4n) is 1.82. The number of nitrogens with zero attached hydrogens (tertiary/aromatic N) is 2. The summed E-state index contributed by atoms with van der Waals surface area (Å²) < 4.78 is 82.7. The third-order valence-electron chi connectivity index (χ3n) is 2.70. The zero-order chi connectivity index (χ0) is 20.7. The van der Waals surface area contributed by atoms with E-state index in [9.17, 15) is 34.5 Å². The van der Waals surface area contributed by atoms with E-state index in [-0.39, 0.29) is 0 Å². The lowest BCUT2D eigenvalue weighted by Gasteiger charge is -1.94. The summed E-state index contributed by atoms with van der Waals surface area (Å²) in [5.74, 6) is 0. The number of aryl methyl sites for hydroxylation is 4. The van der Waals surface area contributed by atoms with Crippen LogP contribution in [0.2, 0.25) is 0 Å². The Hall–Kier alpha value is -1.17. The molecule has 2 aromatic heterocycles. The Morgan fingerprint density at radius 3 is 1.08 bits per heavy atom. The number of hydrogen-bond donors (Lipinski definition) is 0. The normalized spacial score (nSPS) is 11.4. The highest BCUT2D eigenvalue weighted by Crippen LogP contribution is 2.27. The van der Waals surface area contributed by atoms with Gasteiger partial charge in [-0.15, -0.1) is 7.91 Å². The van der Waals surface area contributed by atoms with Crippen LogP contribution in [-0.4, -0.2) is 14.5 Å². The Balaban J connectivity index is 0.000000520. The van der Waals surface area contributed by atoms with E-state index < -0.39 is 14.5 Å². The minimum Gasteiger partial charge on any atom is -0.418 e. The lowest BCUT2D eigenvalue weighted by Crippen LogP contribution is -2.29. The fraction of sp³-hybridized carbons (Fsp3) is 0.500. The second-order valence-electron chi connectivity index (χ2n) is 4.86. The van der Waals surface area contributed by atoms with E-state index in [1.807, 2.05) is 23.1 Å². The van der Waals surface area contributed by atoms with E-state index in [1.165, 1.54) is 21.1 Å². The second-order valence-corrected chi connectivity index (χ2v) is 6.99. The molecule has 2 rings (SSSR count). The van der Waals surface area contributed by atoms with Gasteiger partial charge >= 0.3 is 14.5 Å². The smallest absolute Gasteiger partial charge is 0.418 e. The monoisotopic (exact) mass is 428 g/mol. The fourth-order valence-corrected chi connectivity index (χ4v) is 3.91. The molecule has 26 heavy (non-hydrogen) atoms. The van der Waals surface area contributed by atoms with Crippen LogP contribution in [0.4, 0.5) is 34.5 Å². The summed E-state index contributed by atoms with van der Waals surface area (Å²) >= 11 is 3.72. The first-order chi connectivity index (χ1) is 11.7. The van der Waals surface area contributed by atoms with Crippen molar-refractivity contribution in [3.8, 4) is 9.75 Å². The van der Waals surface area contributed by atoms with Crippen LogP contribution in [0.1, 0.15) is 25.2 Å². The lowest BCUT2D eigenvalue weighted by atomic mass is 10.3. The molecule has 14 heteroatoms. The molecule has 0 atom stereocenters. The van der Waals surface area contributed by atoms with Crippen LogP contribution in [0, 0.1) is 13.8 Å². The van der Waals surface area contributed by atoms with Crippen molar-refractivity contribution in [1.29, 1.82) is 0 Å². The molecule has 0 bridgehead atoms. The molecule has 0 aromatic carbocycles. The van der Waals surface area contributed by atoms with Gasteiger partial charge in [-0.2, -0.15) is 0 Å². The molecule has 2 heterocycles. The maximum atomic E-state index is 9.75. The van der Waals surface area contributed by atoms with Gasteiger partial charge in [-0.05, 0) is 13.8 Å². The van der Waals surface area contributed by atoms with Crippen LogP contribution in [0.5, 0.6) is 0 Å². The first kappa shape index (κ1) is 24.8. The van der Waals surface area contributed by atoms with Gasteiger partial charge in [0.2, 0.25) is 0 Å². The quantitative estimate of drug-likeness (QED) is 0.356. The minimum atomic E-state index is -6.00. The molecular formula is C12H18B2F8N2S2. The number of rotatable bonds is 3. The van der Waals surface area contributed by atoms with Crippen LogP contribution >= 0.6 is 23.1 Å². The molecule has 0 saturated heterocycles. The van der Waals surface area contributed by atoms with Gasteiger partial charge in [0.1, 0.15) is 32.8 Å². The Kier molecular flexibility index (Phi) is 9.78. The van der Waals surface area contributed by atoms with Crippen molar-refractivity contribution in [3.63, 3.8) is 0 Å². The van der Waals surface area contributed by atoms with Gasteiger partial charge in [-0.1, -0.05) is 0 Å². The largest absolute Gasteiger partial charge is 0.673 e. The Bertz CT molecular complexity index is 612. The molecule has 0 saturated carbocycles. The molecule has 0 aliphatic rings. The van der Waals surface area contributed by atoms with E-state index in [0.29, 0.717) is 0 Å². The van der Waals surface area contributed by atoms with Crippen LogP contribution in [0.3, 0.4) is 0 Å². The Labute approximate surface area is 154 Å². The zero-order valence-electron chi connectivity index (χ0n) is 14.5. The molecule has 2 nitrogen and oxygen atoms in total. The van der Waals surface area contributed by atoms with Crippen molar-refractivity contribution in [1.82, 2.24) is 0 Å². The standard InChI is InChI=1S/C12H18N2S2.2BF4/c1-5-13-9(3)7-11(15-13)12-8-10(4)14(6-2)16-12;2*2-1(3,4)5/h7-8H,5-6H2,1-4H3;;/q+2;2*-1. The first-order valence-corrected chi connectivity index (χ1v) is 8.96. The predicted molar refractivity (Wildman–Crippen MR) is 89.2 cm³/mol. The third-order valence-corrected chi connectivity index (χ3v) is 5.43. The van der Waals surface area contributed by atoms with Crippen LogP contribution < -0.4 is 7.91 Å². The van der Waals surface area contributed by atoms with Crippen LogP contribution in [-0.2, 0) is 13.1 Å². The molecule has 2 aromatic rings. The molecule has 0 fully saturated rings. The highest BCUT2D eigenvalue weighted by Gasteiger charge is 2.21. The van der Waals surface area contributed by atoms with Gasteiger partial charge in [-0.3, -0.25) is 0 Å². The van der Waals surface area contributed by atoms with Gasteiger partial charge in [0.15, 0.2) is 24.5 Å². The first-order valence-electron chi connectivity index (χ1n) is 7.42. The van der Waals surface area contributed by atoms with Gasteiger partial charge in [0, 0.05) is 26.0 Å². The van der Waals surface area contributed by atoms with E-state index in [2.05, 4.69) is 47.7 Å². The molecule has 0 unspecified atom stereocenters. The SMILES string of the molecule is CC[n+]1sc(-c2cc(C)[n+](CC)s2)cc1C.F[B-](F)(F)F.F[B-](F)(F)F. The number of halogens is 8. The van der Waals surface area contributed by atoms with Crippen LogP contribution in [0.25, 0.3) is 9.75 Å². The highest BCUT2D eigenvalue weighted by atomic mass is 32.1. The molecular weight excluding hydrogens is 410 g/mol. The molecule has 150 valence electrons. The second kappa shape index (κ2) is 10.2. The van der Waals surface area contributed by atoms with Crippen LogP contribution in [0.15, 0.2) is 12.1 Å². The van der Waals surface area contributed by atoms with E-state index in [4.69, 9.17) is 0 Å². The van der Waals surface area contributed by atoms with Gasteiger partial charge in [0.25, 0.3) is 0 Å². The van der Waals surface area contributed by atoms with Crippen molar-refractivity contribution in [2.45, 2.75) is 40.8 Å². The summed E-state index contributed by atoms with van der Waals surface area (Å²) in [5, 5.41) is 0. The van der Waals surface area contributed by atoms with Crippen molar-refractivity contribution in [2.24, 2.45) is 0 Å². The van der Waals surface area contributed by atoms with E-state index >= 15 is 0 Å². The molecule has 0 radical (unpaired) electrons. The van der Waals surface area contributed by atoms with Gasteiger partial charge in [-0.25, -0.2) is 0 Å². The maximum Gasteiger partial charge on any atom is 0.673 e. The average Bonchev–Trinajstić information content (AvgIpc) is 2.97. The minimum absolute atomic E-state index is 1.06. The Morgan fingerprint density at radius 2 is 0.923 bits per heavy atom. The summed E-state index contributed by atoms with van der Waals surface area (Å²) in [5.41, 5.74) is 2.72. The molecule has 0 amide bonds. The predicted octanol–water partition coefficient (Wildman–Crippen LogP) is 5.31. The van der Waals surface area contributed by atoms with Gasteiger partial charge in [0.05, 0.1) is 0 Å². The highest BCUT2D eigenvalue weighted by molar-refractivity contribution is 7.13. The summed E-state index contributed by atoms with van der Waals surface area (Å²) in [6.45, 7) is 10.9. The molecule has 0 aliphatic carbocycles. The summed E-state index contributed by atoms with van der Waals surface area (Å²) in [7, 11) is -12.0. The molecule has 0 spiro atoms. The topological polar surface area (TPSA) is 7.76 Å². The van der Waals surface area contributed by atoms with Crippen molar-refractivity contribution < 1.29 is 42.4 Å². The molecule has 0 aliphatic heterocycles. The van der Waals surface area contributed by atoms with Crippen molar-refractivity contribution >= 4 is 37.6 Å². The maximum absolute atomic E-state index is 9.75.